The highest BCUT2D eigenvalue weighted by atomic mass is 35.5. The van der Waals surface area contributed by atoms with Gasteiger partial charge in [-0.25, -0.2) is 9.36 Å². The van der Waals surface area contributed by atoms with Crippen molar-refractivity contribution in [2.24, 2.45) is 0 Å². The first kappa shape index (κ1) is 12.7. The summed E-state index contributed by atoms with van der Waals surface area (Å²) in [6.45, 7) is 0. The molecule has 0 aliphatic rings. The Kier molecular flexibility index (Phi) is 3.45. The highest BCUT2D eigenvalue weighted by molar-refractivity contribution is 6.30. The maximum absolute atomic E-state index is 11.8. The van der Waals surface area contributed by atoms with Gasteiger partial charge in [0.15, 0.2) is 0 Å². The molecule has 0 saturated carbocycles. The fraction of sp³-hybridized carbons (Fsp3) is 0.0909. The van der Waals surface area contributed by atoms with E-state index < -0.39 is 11.2 Å². The van der Waals surface area contributed by atoms with Crippen molar-refractivity contribution in [2.45, 2.75) is 0 Å². The minimum Gasteiger partial charge on any atom is -0.495 e. The molecule has 94 valence electrons. The minimum atomic E-state index is -0.659. The molecule has 0 fully saturated rings. The van der Waals surface area contributed by atoms with Crippen molar-refractivity contribution in [3.63, 3.8) is 0 Å². The van der Waals surface area contributed by atoms with E-state index in [1.165, 1.54) is 13.2 Å². The first-order valence-corrected chi connectivity index (χ1v) is 5.64. The molecule has 18 heavy (non-hydrogen) atoms. The predicted molar refractivity (Wildman–Crippen MR) is 69.2 cm³/mol. The maximum Gasteiger partial charge on any atom is 0.334 e. The van der Waals surface area contributed by atoms with Gasteiger partial charge in [0.05, 0.1) is 12.8 Å². The number of rotatable bonds is 2. The normalized spacial score (nSPS) is 10.4. The first-order valence-electron chi connectivity index (χ1n) is 4.88. The number of nitrogens with one attached hydrogen (secondary N) is 1. The lowest BCUT2D eigenvalue weighted by Gasteiger charge is -2.10. The fourth-order valence-electron chi connectivity index (χ4n) is 1.53. The van der Waals surface area contributed by atoms with E-state index in [-0.39, 0.29) is 10.8 Å². The summed E-state index contributed by atoms with van der Waals surface area (Å²) < 4.78 is 5.99. The topological polar surface area (TPSA) is 64.1 Å². The van der Waals surface area contributed by atoms with Crippen molar-refractivity contribution in [1.29, 1.82) is 0 Å². The van der Waals surface area contributed by atoms with Crippen LogP contribution in [0.5, 0.6) is 5.75 Å². The van der Waals surface area contributed by atoms with E-state index in [0.29, 0.717) is 10.8 Å². The van der Waals surface area contributed by atoms with Gasteiger partial charge in [0.1, 0.15) is 10.9 Å². The van der Waals surface area contributed by atoms with Gasteiger partial charge in [0.2, 0.25) is 0 Å². The smallest absolute Gasteiger partial charge is 0.334 e. The molecular weight excluding hydrogens is 279 g/mol. The summed E-state index contributed by atoms with van der Waals surface area (Å²) >= 11 is 11.4. The summed E-state index contributed by atoms with van der Waals surface area (Å²) in [7, 11) is 1.43. The van der Waals surface area contributed by atoms with Gasteiger partial charge >= 0.3 is 5.69 Å². The number of H-pyrrole nitrogens is 1. The third-order valence-corrected chi connectivity index (χ3v) is 2.72. The third-order valence-electron chi connectivity index (χ3n) is 2.28. The van der Waals surface area contributed by atoms with Crippen LogP contribution < -0.4 is 16.0 Å². The SMILES string of the molecule is COc1ccc(Cl)cc1-n1c(=O)cc(Cl)[nH]c1=O. The van der Waals surface area contributed by atoms with Crippen LogP contribution in [-0.4, -0.2) is 16.7 Å². The Bertz CT molecular complexity index is 675. The second kappa shape index (κ2) is 4.88. The van der Waals surface area contributed by atoms with E-state index in [2.05, 4.69) is 4.98 Å². The molecule has 0 aliphatic carbocycles. The molecule has 0 spiro atoms. The van der Waals surface area contributed by atoms with Gasteiger partial charge in [-0.05, 0) is 18.2 Å². The van der Waals surface area contributed by atoms with Gasteiger partial charge in [0.25, 0.3) is 5.56 Å². The van der Waals surface area contributed by atoms with Crippen LogP contribution in [0.2, 0.25) is 10.2 Å². The van der Waals surface area contributed by atoms with Crippen LogP contribution in [0.25, 0.3) is 5.69 Å². The fourth-order valence-corrected chi connectivity index (χ4v) is 1.87. The molecule has 1 N–H and O–H groups in total. The van der Waals surface area contributed by atoms with E-state index in [9.17, 15) is 9.59 Å². The summed E-state index contributed by atoms with van der Waals surface area (Å²) in [6.07, 6.45) is 0. The number of hydrogen-bond donors (Lipinski definition) is 1. The lowest BCUT2D eigenvalue weighted by molar-refractivity contribution is 0.412. The number of ether oxygens (including phenoxy) is 1. The molecule has 0 atom stereocenters. The second-order valence-corrected chi connectivity index (χ2v) is 4.26. The molecule has 0 aliphatic heterocycles. The number of halogens is 2. The molecule has 0 saturated heterocycles. The second-order valence-electron chi connectivity index (χ2n) is 3.41. The van der Waals surface area contributed by atoms with Crippen molar-refractivity contribution in [2.75, 3.05) is 7.11 Å². The Morgan fingerprint density at radius 2 is 1.94 bits per heavy atom. The van der Waals surface area contributed by atoms with Crippen molar-refractivity contribution < 1.29 is 4.74 Å². The lowest BCUT2D eigenvalue weighted by Crippen LogP contribution is -2.33. The third kappa shape index (κ3) is 2.27. The molecule has 7 heteroatoms. The number of benzene rings is 1. The molecule has 0 radical (unpaired) electrons. The standard InChI is InChI=1S/C11H8Cl2N2O3/c1-18-8-3-2-6(12)4-7(8)15-10(16)5-9(13)14-11(15)17/h2-5H,1H3,(H,14,17). The van der Waals surface area contributed by atoms with Crippen LogP contribution in [-0.2, 0) is 0 Å². The zero-order valence-electron chi connectivity index (χ0n) is 9.24. The summed E-state index contributed by atoms with van der Waals surface area (Å²) in [5.41, 5.74) is -0.967. The molecule has 1 aromatic heterocycles. The molecule has 2 aromatic rings. The van der Waals surface area contributed by atoms with Crippen molar-refractivity contribution >= 4 is 23.2 Å². The first-order chi connectivity index (χ1) is 8.52. The molecule has 0 bridgehead atoms. The highest BCUT2D eigenvalue weighted by Crippen LogP contribution is 2.24. The molecule has 5 nitrogen and oxygen atoms in total. The predicted octanol–water partition coefficient (Wildman–Crippen LogP) is 1.84. The van der Waals surface area contributed by atoms with Gasteiger partial charge in [-0.1, -0.05) is 23.2 Å². The van der Waals surface area contributed by atoms with Gasteiger partial charge < -0.3 is 4.74 Å². The molecule has 0 unspecified atom stereocenters. The lowest BCUT2D eigenvalue weighted by atomic mass is 10.3. The maximum atomic E-state index is 11.8. The summed E-state index contributed by atoms with van der Waals surface area (Å²) in [5, 5.41) is 0.356. The number of aromatic nitrogens is 2. The minimum absolute atomic E-state index is 0.0257. The Hall–Kier alpha value is -1.72. The van der Waals surface area contributed by atoms with E-state index >= 15 is 0 Å². The van der Waals surface area contributed by atoms with E-state index in [1.807, 2.05) is 0 Å². The van der Waals surface area contributed by atoms with Crippen LogP contribution in [0.15, 0.2) is 33.9 Å². The van der Waals surface area contributed by atoms with Crippen molar-refractivity contribution in [3.8, 4) is 11.4 Å². The number of aromatic amines is 1. The number of nitrogens with zero attached hydrogens (tertiary/aromatic N) is 1. The summed E-state index contributed by atoms with van der Waals surface area (Å²) in [5.74, 6) is 0.356. The summed E-state index contributed by atoms with van der Waals surface area (Å²) in [4.78, 5) is 25.9. The monoisotopic (exact) mass is 286 g/mol. The van der Waals surface area contributed by atoms with Crippen LogP contribution >= 0.6 is 23.2 Å². The molecule has 0 amide bonds. The zero-order chi connectivity index (χ0) is 13.3. The largest absolute Gasteiger partial charge is 0.495 e. The Morgan fingerprint density at radius 3 is 2.56 bits per heavy atom. The van der Waals surface area contributed by atoms with E-state index in [0.717, 1.165) is 10.6 Å². The zero-order valence-corrected chi connectivity index (χ0v) is 10.7. The van der Waals surface area contributed by atoms with Crippen LogP contribution in [0, 0.1) is 0 Å². The quantitative estimate of drug-likeness (QED) is 0.857. The van der Waals surface area contributed by atoms with Gasteiger partial charge in [-0.3, -0.25) is 9.78 Å². The number of methoxy groups -OCH3 is 1. The highest BCUT2D eigenvalue weighted by Gasteiger charge is 2.11. The molecule has 1 aromatic carbocycles. The molecule has 1 heterocycles. The average molecular weight is 287 g/mol. The molecular formula is C11H8Cl2N2O3. The Morgan fingerprint density at radius 1 is 1.22 bits per heavy atom. The Balaban J connectivity index is 2.81. The van der Waals surface area contributed by atoms with Crippen molar-refractivity contribution in [1.82, 2.24) is 9.55 Å². The Labute approximate surface area is 112 Å². The molecule has 2 rings (SSSR count). The van der Waals surface area contributed by atoms with Gasteiger partial charge in [0, 0.05) is 11.1 Å². The van der Waals surface area contributed by atoms with Gasteiger partial charge in [-0.15, -0.1) is 0 Å². The van der Waals surface area contributed by atoms with E-state index in [1.54, 1.807) is 12.1 Å². The van der Waals surface area contributed by atoms with Gasteiger partial charge in [-0.2, -0.15) is 0 Å². The average Bonchev–Trinajstić information content (AvgIpc) is 2.28. The van der Waals surface area contributed by atoms with Crippen LogP contribution in [0.3, 0.4) is 0 Å². The van der Waals surface area contributed by atoms with E-state index in [4.69, 9.17) is 27.9 Å². The van der Waals surface area contributed by atoms with Crippen LogP contribution in [0.4, 0.5) is 0 Å². The van der Waals surface area contributed by atoms with Crippen LogP contribution in [0.1, 0.15) is 0 Å². The van der Waals surface area contributed by atoms with Crippen molar-refractivity contribution in [3.05, 3.63) is 55.3 Å². The number of hydrogen-bond acceptors (Lipinski definition) is 3. The summed E-state index contributed by atoms with van der Waals surface area (Å²) in [6, 6.07) is 5.73.